The van der Waals surface area contributed by atoms with E-state index in [9.17, 15) is 14.4 Å². The fourth-order valence-electron chi connectivity index (χ4n) is 2.55. The summed E-state index contributed by atoms with van der Waals surface area (Å²) in [5.74, 6) is -1.70. The summed E-state index contributed by atoms with van der Waals surface area (Å²) in [6.07, 6.45) is 0. The molecule has 2 aliphatic heterocycles. The van der Waals surface area contributed by atoms with Gasteiger partial charge >= 0.3 is 0 Å². The zero-order valence-corrected chi connectivity index (χ0v) is 13.8. The van der Waals surface area contributed by atoms with Gasteiger partial charge in [-0.05, 0) is 37.3 Å². The summed E-state index contributed by atoms with van der Waals surface area (Å²) >= 11 is 8.12. The maximum Gasteiger partial charge on any atom is 0.263 e. The number of nitrogens with one attached hydrogen (secondary N) is 2. The summed E-state index contributed by atoms with van der Waals surface area (Å²) in [7, 11) is 0. The third-order valence-corrected chi connectivity index (χ3v) is 4.15. The minimum absolute atomic E-state index is 0.0633. The predicted molar refractivity (Wildman–Crippen MR) is 88.0 cm³/mol. The molecule has 0 atom stereocenters. The van der Waals surface area contributed by atoms with Gasteiger partial charge < -0.3 is 4.90 Å². The van der Waals surface area contributed by atoms with Crippen LogP contribution in [0.25, 0.3) is 5.57 Å². The van der Waals surface area contributed by atoms with E-state index < -0.39 is 11.8 Å². The number of rotatable bonds is 1. The maximum atomic E-state index is 12.6. The highest BCUT2D eigenvalue weighted by atomic mass is 79.9. The molecule has 1 aromatic rings. The molecule has 0 aromatic heterocycles. The van der Waals surface area contributed by atoms with Crippen molar-refractivity contribution in [1.82, 2.24) is 10.6 Å². The number of amides is 3. The Balaban J connectivity index is 2.27. The lowest BCUT2D eigenvalue weighted by Crippen LogP contribution is -2.52. The first-order valence-electron chi connectivity index (χ1n) is 6.46. The van der Waals surface area contributed by atoms with E-state index in [1.807, 2.05) is 6.92 Å². The second kappa shape index (κ2) is 5.29. The number of halogens is 1. The van der Waals surface area contributed by atoms with E-state index >= 15 is 0 Å². The van der Waals surface area contributed by atoms with Crippen LogP contribution in [0.1, 0.15) is 12.5 Å². The van der Waals surface area contributed by atoms with Crippen molar-refractivity contribution in [2.75, 3.05) is 11.4 Å². The first-order chi connectivity index (χ1) is 10.4. The first kappa shape index (κ1) is 14.9. The van der Waals surface area contributed by atoms with Gasteiger partial charge in [-0.2, -0.15) is 0 Å². The Morgan fingerprint density at radius 1 is 1.14 bits per heavy atom. The Bertz CT molecular complexity index is 766. The molecule has 1 saturated heterocycles. The minimum atomic E-state index is -0.666. The van der Waals surface area contributed by atoms with Crippen LogP contribution in [-0.4, -0.2) is 29.4 Å². The van der Waals surface area contributed by atoms with Crippen LogP contribution < -0.4 is 15.5 Å². The molecule has 0 aliphatic carbocycles. The first-order valence-corrected chi connectivity index (χ1v) is 7.67. The smallest absolute Gasteiger partial charge is 0.263 e. The lowest BCUT2D eigenvalue weighted by molar-refractivity contribution is -0.124. The van der Waals surface area contributed by atoms with Gasteiger partial charge in [-0.1, -0.05) is 15.9 Å². The van der Waals surface area contributed by atoms with Crippen LogP contribution in [0.3, 0.4) is 0 Å². The number of carbonyl (C=O) groups is 3. The van der Waals surface area contributed by atoms with Crippen molar-refractivity contribution < 1.29 is 14.4 Å². The average molecular weight is 380 g/mol. The largest absolute Gasteiger partial charge is 0.308 e. The number of carbonyl (C=O) groups excluding carboxylic acids is 3. The van der Waals surface area contributed by atoms with E-state index in [1.54, 1.807) is 18.2 Å². The molecular formula is C14H10BrN3O3S. The van der Waals surface area contributed by atoms with E-state index in [1.165, 1.54) is 4.90 Å². The van der Waals surface area contributed by atoms with Crippen LogP contribution in [-0.2, 0) is 14.4 Å². The van der Waals surface area contributed by atoms with E-state index in [2.05, 4.69) is 26.6 Å². The Labute approximate surface area is 139 Å². The Morgan fingerprint density at radius 3 is 2.36 bits per heavy atom. The third kappa shape index (κ3) is 2.15. The fourth-order valence-corrected chi connectivity index (χ4v) is 3.10. The Morgan fingerprint density at radius 2 is 1.77 bits per heavy atom. The van der Waals surface area contributed by atoms with Crippen molar-refractivity contribution in [2.45, 2.75) is 6.92 Å². The van der Waals surface area contributed by atoms with E-state index in [-0.39, 0.29) is 22.2 Å². The molecule has 2 N–H and O–H groups in total. The molecule has 0 saturated carbocycles. The van der Waals surface area contributed by atoms with Crippen LogP contribution in [0.5, 0.6) is 0 Å². The molecule has 112 valence electrons. The normalized spacial score (nSPS) is 17.6. The van der Waals surface area contributed by atoms with Crippen molar-refractivity contribution in [3.8, 4) is 0 Å². The molecule has 1 fully saturated rings. The molecule has 2 heterocycles. The molecule has 1 aromatic carbocycles. The SMILES string of the molecule is CCN1C(=O)C(=C2C(=O)NC(=S)NC2=O)c2cc(Br)ccc21. The highest BCUT2D eigenvalue weighted by Gasteiger charge is 2.39. The molecule has 0 spiro atoms. The number of hydrogen-bond acceptors (Lipinski definition) is 4. The lowest BCUT2D eigenvalue weighted by Gasteiger charge is -2.18. The quantitative estimate of drug-likeness (QED) is 0.435. The van der Waals surface area contributed by atoms with Crippen LogP contribution in [0.15, 0.2) is 28.2 Å². The highest BCUT2D eigenvalue weighted by molar-refractivity contribution is 9.10. The fraction of sp³-hybridized carbons (Fsp3) is 0.143. The van der Waals surface area contributed by atoms with Crippen molar-refractivity contribution in [3.05, 3.63) is 33.8 Å². The maximum absolute atomic E-state index is 12.6. The molecule has 6 nitrogen and oxygen atoms in total. The highest BCUT2D eigenvalue weighted by Crippen LogP contribution is 2.40. The molecule has 0 unspecified atom stereocenters. The Hall–Kier alpha value is -2.06. The predicted octanol–water partition coefficient (Wildman–Crippen LogP) is 1.10. The van der Waals surface area contributed by atoms with Gasteiger partial charge in [-0.15, -0.1) is 0 Å². The number of likely N-dealkylation sites (N-methyl/N-ethyl adjacent to an activating group) is 1. The van der Waals surface area contributed by atoms with Gasteiger partial charge in [-0.25, -0.2) is 0 Å². The van der Waals surface area contributed by atoms with Crippen LogP contribution >= 0.6 is 28.1 Å². The summed E-state index contributed by atoms with van der Waals surface area (Å²) in [6.45, 7) is 2.26. The third-order valence-electron chi connectivity index (χ3n) is 3.45. The van der Waals surface area contributed by atoms with Gasteiger partial charge in [0, 0.05) is 16.6 Å². The van der Waals surface area contributed by atoms with Gasteiger partial charge in [0.2, 0.25) is 0 Å². The van der Waals surface area contributed by atoms with Crippen LogP contribution in [0, 0.1) is 0 Å². The zero-order valence-electron chi connectivity index (χ0n) is 11.4. The van der Waals surface area contributed by atoms with E-state index in [4.69, 9.17) is 12.2 Å². The molecular weight excluding hydrogens is 370 g/mol. The molecule has 8 heteroatoms. The number of thiocarbonyl (C=S) groups is 1. The minimum Gasteiger partial charge on any atom is -0.308 e. The standard InChI is InChI=1S/C14H10BrN3O3S/c1-2-18-8-4-3-6(15)5-7(8)9(13(18)21)10-11(19)16-14(22)17-12(10)20/h3-5H,2H2,1H3,(H2,16,17,19,20,22). The zero-order chi connectivity index (χ0) is 16.0. The number of anilines is 1. The van der Waals surface area contributed by atoms with Crippen LogP contribution in [0.2, 0.25) is 0 Å². The topological polar surface area (TPSA) is 78.5 Å². The number of nitrogens with zero attached hydrogens (tertiary/aromatic N) is 1. The molecule has 22 heavy (non-hydrogen) atoms. The van der Waals surface area contributed by atoms with Gasteiger partial charge in [0.25, 0.3) is 17.7 Å². The average Bonchev–Trinajstić information content (AvgIpc) is 2.70. The summed E-state index contributed by atoms with van der Waals surface area (Å²) in [6, 6.07) is 5.30. The van der Waals surface area contributed by atoms with Crippen molar-refractivity contribution in [2.24, 2.45) is 0 Å². The van der Waals surface area contributed by atoms with Gasteiger partial charge in [0.1, 0.15) is 5.57 Å². The van der Waals surface area contributed by atoms with Gasteiger partial charge in [-0.3, -0.25) is 25.0 Å². The lowest BCUT2D eigenvalue weighted by atomic mass is 9.99. The second-order valence-corrected chi connectivity index (χ2v) is 6.02. The summed E-state index contributed by atoms with van der Waals surface area (Å²) in [5.41, 5.74) is 1.10. The molecule has 2 aliphatic rings. The van der Waals surface area contributed by atoms with Crippen molar-refractivity contribution in [3.63, 3.8) is 0 Å². The van der Waals surface area contributed by atoms with Crippen molar-refractivity contribution in [1.29, 1.82) is 0 Å². The van der Waals surface area contributed by atoms with Crippen LogP contribution in [0.4, 0.5) is 5.69 Å². The molecule has 3 amide bonds. The summed E-state index contributed by atoms with van der Waals surface area (Å²) < 4.78 is 0.752. The number of fused-ring (bicyclic) bond motifs is 1. The molecule has 0 bridgehead atoms. The van der Waals surface area contributed by atoms with Gasteiger partial charge in [0.15, 0.2) is 5.11 Å². The number of benzene rings is 1. The summed E-state index contributed by atoms with van der Waals surface area (Å²) in [4.78, 5) is 38.4. The molecule has 0 radical (unpaired) electrons. The monoisotopic (exact) mass is 379 g/mol. The summed E-state index contributed by atoms with van der Waals surface area (Å²) in [5, 5.41) is 4.65. The molecule has 3 rings (SSSR count). The number of hydrogen-bond donors (Lipinski definition) is 2. The van der Waals surface area contributed by atoms with E-state index in [0.717, 1.165) is 4.47 Å². The second-order valence-electron chi connectivity index (χ2n) is 4.70. The van der Waals surface area contributed by atoms with Crippen molar-refractivity contribution >= 4 is 62.2 Å². The van der Waals surface area contributed by atoms with Gasteiger partial charge in [0.05, 0.1) is 11.3 Å². The Kier molecular flexibility index (Phi) is 3.57. The van der Waals surface area contributed by atoms with E-state index in [0.29, 0.717) is 17.8 Å².